The van der Waals surface area contributed by atoms with Crippen LogP contribution in [0.15, 0.2) is 84.9 Å². The smallest absolute Gasteiger partial charge is 0.290 e. The van der Waals surface area contributed by atoms with Crippen molar-refractivity contribution in [2.75, 3.05) is 22.8 Å². The predicted octanol–water partition coefficient (Wildman–Crippen LogP) is 4.62. The van der Waals surface area contributed by atoms with Crippen LogP contribution in [0.5, 0.6) is 0 Å². The van der Waals surface area contributed by atoms with E-state index in [2.05, 4.69) is 104 Å². The normalized spacial score (nSPS) is 10.3. The Morgan fingerprint density at radius 3 is 1.52 bits per heavy atom. The molecule has 125 valence electrons. The fraction of sp³-hybridized carbons (Fsp3) is 0.182. The van der Waals surface area contributed by atoms with Gasteiger partial charge >= 0.3 is 0 Å². The van der Waals surface area contributed by atoms with Gasteiger partial charge in [0.25, 0.3) is 7.41 Å². The topological polar surface area (TPSA) is 6.48 Å². The van der Waals surface area contributed by atoms with Gasteiger partial charge in [-0.05, 0) is 50.2 Å². The molecule has 3 rings (SSSR count). The molecule has 0 aliphatic rings. The summed E-state index contributed by atoms with van der Waals surface area (Å²) in [5, 5.41) is 0. The molecule has 0 heterocycles. The van der Waals surface area contributed by atoms with E-state index in [1.165, 1.54) is 11.2 Å². The lowest BCUT2D eigenvalue weighted by Gasteiger charge is -2.25. The number of benzene rings is 3. The molecular weight excluding hydrogens is 303 g/mol. The predicted molar refractivity (Wildman–Crippen MR) is 110 cm³/mol. The highest BCUT2D eigenvalue weighted by molar-refractivity contribution is 6.59. The maximum atomic E-state index is 2.36. The van der Waals surface area contributed by atoms with Crippen LogP contribution in [0.3, 0.4) is 0 Å². The Morgan fingerprint density at radius 1 is 0.600 bits per heavy atom. The van der Waals surface area contributed by atoms with Crippen LogP contribution in [0.1, 0.15) is 13.8 Å². The van der Waals surface area contributed by atoms with Gasteiger partial charge in [-0.25, -0.2) is 0 Å². The van der Waals surface area contributed by atoms with Crippen LogP contribution in [0.25, 0.3) is 0 Å². The molecule has 3 heteroatoms. The molecule has 0 amide bonds. The monoisotopic (exact) mass is 327 g/mol. The summed E-state index contributed by atoms with van der Waals surface area (Å²) in [7, 11) is 2.19. The summed E-state index contributed by atoms with van der Waals surface area (Å²) >= 11 is 0. The van der Waals surface area contributed by atoms with E-state index >= 15 is 0 Å². The van der Waals surface area contributed by atoms with Crippen molar-refractivity contribution in [2.24, 2.45) is 0 Å². The molecule has 0 aliphatic heterocycles. The molecule has 0 aliphatic carbocycles. The second-order valence-corrected chi connectivity index (χ2v) is 5.93. The Hall–Kier alpha value is -2.68. The van der Waals surface area contributed by atoms with Gasteiger partial charge in [0.1, 0.15) is 0 Å². The molecule has 0 N–H and O–H groups in total. The van der Waals surface area contributed by atoms with Crippen LogP contribution in [0.4, 0.5) is 17.1 Å². The molecule has 3 aromatic rings. The number of hydrogen-bond donors (Lipinski definition) is 0. The molecule has 0 bridgehead atoms. The quantitative estimate of drug-likeness (QED) is 0.585. The van der Waals surface area contributed by atoms with E-state index in [-0.39, 0.29) is 0 Å². The molecule has 2 nitrogen and oxygen atoms in total. The molecule has 0 atom stereocenters. The molecule has 3 aromatic carbocycles. The van der Waals surface area contributed by atoms with E-state index in [0.717, 1.165) is 24.5 Å². The number of hydrogen-bond acceptors (Lipinski definition) is 2. The first kappa shape index (κ1) is 17.2. The molecule has 25 heavy (non-hydrogen) atoms. The van der Waals surface area contributed by atoms with Crippen molar-refractivity contribution in [3.63, 3.8) is 0 Å². The lowest BCUT2D eigenvalue weighted by Crippen LogP contribution is -2.32. The fourth-order valence-corrected chi connectivity index (χ4v) is 2.98. The number of para-hydroxylation sites is 2. The van der Waals surface area contributed by atoms with Gasteiger partial charge in [0.15, 0.2) is 0 Å². The Morgan fingerprint density at radius 2 is 1.08 bits per heavy atom. The molecule has 0 saturated carbocycles. The van der Waals surface area contributed by atoms with Gasteiger partial charge < -0.3 is 9.71 Å². The van der Waals surface area contributed by atoms with Crippen LogP contribution in [-0.4, -0.2) is 20.5 Å². The maximum Gasteiger partial charge on any atom is 0.290 e. The number of nitrogens with zero attached hydrogens (tertiary/aromatic N) is 2. The molecule has 1 radical (unpaired) electrons. The summed E-state index contributed by atoms with van der Waals surface area (Å²) in [6.45, 7) is 6.44. The van der Waals surface area contributed by atoms with E-state index in [0.29, 0.717) is 0 Å². The number of rotatable bonds is 7. The largest absolute Gasteiger partial charge is 0.386 e. The highest BCUT2D eigenvalue weighted by atomic mass is 15.1. The van der Waals surface area contributed by atoms with Gasteiger partial charge in [-0.3, -0.25) is 0 Å². The van der Waals surface area contributed by atoms with Crippen LogP contribution >= 0.6 is 0 Å². The van der Waals surface area contributed by atoms with Crippen LogP contribution in [0, 0.1) is 0 Å². The van der Waals surface area contributed by atoms with E-state index in [1.807, 2.05) is 12.1 Å². The third-order valence-electron chi connectivity index (χ3n) is 4.37. The summed E-state index contributed by atoms with van der Waals surface area (Å²) in [5.74, 6) is 0. The minimum atomic E-state index is 1.03. The minimum absolute atomic E-state index is 1.03. The zero-order chi connectivity index (χ0) is 17.5. The van der Waals surface area contributed by atoms with E-state index in [4.69, 9.17) is 0 Å². The van der Waals surface area contributed by atoms with Gasteiger partial charge in [0, 0.05) is 30.2 Å². The van der Waals surface area contributed by atoms with E-state index in [1.54, 1.807) is 0 Å². The van der Waals surface area contributed by atoms with E-state index < -0.39 is 0 Å². The van der Waals surface area contributed by atoms with Gasteiger partial charge in [0.2, 0.25) is 0 Å². The van der Waals surface area contributed by atoms with Gasteiger partial charge in [-0.1, -0.05) is 54.0 Å². The maximum absolute atomic E-state index is 2.36. The molecule has 0 unspecified atom stereocenters. The highest BCUT2D eigenvalue weighted by Crippen LogP contribution is 2.23. The highest BCUT2D eigenvalue weighted by Gasteiger charge is 2.12. The minimum Gasteiger partial charge on any atom is -0.386 e. The number of anilines is 3. The molecular formula is C22H24BN2. The van der Waals surface area contributed by atoms with Crippen LogP contribution < -0.4 is 15.2 Å². The van der Waals surface area contributed by atoms with Crippen molar-refractivity contribution >= 4 is 29.9 Å². The van der Waals surface area contributed by atoms with Crippen molar-refractivity contribution in [1.29, 1.82) is 0 Å². The first-order chi connectivity index (χ1) is 12.3. The average molecular weight is 327 g/mol. The summed E-state index contributed by atoms with van der Waals surface area (Å²) < 4.78 is 0. The van der Waals surface area contributed by atoms with Gasteiger partial charge in [0.05, 0.1) is 0 Å². The summed E-state index contributed by atoms with van der Waals surface area (Å²) in [5.41, 5.74) is 4.76. The Kier molecular flexibility index (Phi) is 5.79. The van der Waals surface area contributed by atoms with Crippen molar-refractivity contribution in [3.8, 4) is 0 Å². The van der Waals surface area contributed by atoms with E-state index in [9.17, 15) is 0 Å². The Labute approximate surface area is 152 Å². The second kappa shape index (κ2) is 8.43. The van der Waals surface area contributed by atoms with Crippen LogP contribution in [-0.2, 0) is 0 Å². The Bertz CT molecular complexity index is 714. The Balaban J connectivity index is 1.86. The third-order valence-corrected chi connectivity index (χ3v) is 4.37. The molecule has 0 saturated heterocycles. The summed E-state index contributed by atoms with van der Waals surface area (Å²) in [4.78, 5) is 4.59. The average Bonchev–Trinajstić information content (AvgIpc) is 2.69. The van der Waals surface area contributed by atoms with Gasteiger partial charge in [-0.2, -0.15) is 0 Å². The van der Waals surface area contributed by atoms with Crippen LogP contribution in [0.2, 0.25) is 0 Å². The lowest BCUT2D eigenvalue weighted by molar-refractivity contribution is 0.866. The standard InChI is InChI=1S/C22H24BN2/c1-3-24(4-2)20-17-15-19(16-18-20)23-25(21-11-7-5-8-12-21)22-13-9-6-10-14-22/h5-18H,3-4H2,1-2H3. The first-order valence-corrected chi connectivity index (χ1v) is 8.91. The molecule has 0 spiro atoms. The van der Waals surface area contributed by atoms with Crippen molar-refractivity contribution < 1.29 is 0 Å². The SMILES string of the molecule is CCN(CC)c1ccc([B]N(c2ccccc2)c2ccccc2)cc1. The third kappa shape index (κ3) is 4.24. The van der Waals surface area contributed by atoms with Gasteiger partial charge in [-0.15, -0.1) is 0 Å². The van der Waals surface area contributed by atoms with Crippen molar-refractivity contribution in [3.05, 3.63) is 84.9 Å². The second-order valence-electron chi connectivity index (χ2n) is 5.93. The van der Waals surface area contributed by atoms with Crippen molar-refractivity contribution in [2.45, 2.75) is 13.8 Å². The zero-order valence-electron chi connectivity index (χ0n) is 15.0. The zero-order valence-corrected chi connectivity index (χ0v) is 15.0. The fourth-order valence-electron chi connectivity index (χ4n) is 2.98. The molecule has 0 aromatic heterocycles. The van der Waals surface area contributed by atoms with Crippen molar-refractivity contribution in [1.82, 2.24) is 0 Å². The first-order valence-electron chi connectivity index (χ1n) is 8.91. The lowest BCUT2D eigenvalue weighted by atomic mass is 9.79. The summed E-state index contributed by atoms with van der Waals surface area (Å²) in [6.07, 6.45) is 0. The molecule has 0 fully saturated rings. The summed E-state index contributed by atoms with van der Waals surface area (Å²) in [6, 6.07) is 29.7.